The Morgan fingerprint density at radius 3 is 2.63 bits per heavy atom. The SMILES string of the molecule is N#Cc1ccc(Oc2ccccc2CCO)c(Br)c1. The Kier molecular flexibility index (Phi) is 4.56. The molecule has 0 atom stereocenters. The van der Waals surface area contributed by atoms with Crippen LogP contribution in [-0.4, -0.2) is 11.7 Å². The molecule has 3 nitrogen and oxygen atoms in total. The molecule has 4 heteroatoms. The molecule has 0 aliphatic heterocycles. The van der Waals surface area contributed by atoms with Crippen molar-refractivity contribution in [2.45, 2.75) is 6.42 Å². The molecule has 0 unspecified atom stereocenters. The summed E-state index contributed by atoms with van der Waals surface area (Å²) in [7, 11) is 0. The lowest BCUT2D eigenvalue weighted by Gasteiger charge is -2.11. The maximum atomic E-state index is 9.03. The second kappa shape index (κ2) is 6.37. The van der Waals surface area contributed by atoms with Crippen molar-refractivity contribution >= 4 is 15.9 Å². The third-order valence-electron chi connectivity index (χ3n) is 2.63. The van der Waals surface area contributed by atoms with Crippen LogP contribution in [0.3, 0.4) is 0 Å². The van der Waals surface area contributed by atoms with Crippen molar-refractivity contribution in [3.05, 3.63) is 58.1 Å². The third kappa shape index (κ3) is 3.34. The van der Waals surface area contributed by atoms with E-state index in [1.807, 2.05) is 24.3 Å². The number of para-hydroxylation sites is 1. The molecule has 0 aliphatic rings. The normalized spacial score (nSPS) is 9.95. The zero-order valence-electron chi connectivity index (χ0n) is 10.1. The molecule has 2 aromatic rings. The van der Waals surface area contributed by atoms with Crippen molar-refractivity contribution in [2.75, 3.05) is 6.61 Å². The maximum absolute atomic E-state index is 9.03. The molecule has 0 amide bonds. The van der Waals surface area contributed by atoms with Crippen molar-refractivity contribution in [3.63, 3.8) is 0 Å². The van der Waals surface area contributed by atoms with Crippen molar-refractivity contribution < 1.29 is 9.84 Å². The van der Waals surface area contributed by atoms with Crippen LogP contribution in [-0.2, 0) is 6.42 Å². The zero-order chi connectivity index (χ0) is 13.7. The van der Waals surface area contributed by atoms with E-state index in [4.69, 9.17) is 15.1 Å². The summed E-state index contributed by atoms with van der Waals surface area (Å²) in [6, 6.07) is 14.8. The maximum Gasteiger partial charge on any atom is 0.141 e. The number of rotatable bonds is 4. The summed E-state index contributed by atoms with van der Waals surface area (Å²) >= 11 is 3.38. The summed E-state index contributed by atoms with van der Waals surface area (Å²) < 4.78 is 6.55. The lowest BCUT2D eigenvalue weighted by Crippen LogP contribution is -1.95. The molecule has 0 fully saturated rings. The highest BCUT2D eigenvalue weighted by Crippen LogP contribution is 2.32. The molecule has 1 N–H and O–H groups in total. The molecule has 0 saturated carbocycles. The minimum Gasteiger partial charge on any atom is -0.456 e. The van der Waals surface area contributed by atoms with Gasteiger partial charge in [-0.2, -0.15) is 5.26 Å². The van der Waals surface area contributed by atoms with E-state index in [2.05, 4.69) is 22.0 Å². The highest BCUT2D eigenvalue weighted by atomic mass is 79.9. The molecule has 19 heavy (non-hydrogen) atoms. The van der Waals surface area contributed by atoms with Gasteiger partial charge in [0.1, 0.15) is 11.5 Å². The van der Waals surface area contributed by atoms with Crippen molar-refractivity contribution in [1.82, 2.24) is 0 Å². The summed E-state index contributed by atoms with van der Waals surface area (Å²) in [6.45, 7) is 0.0783. The Labute approximate surface area is 120 Å². The van der Waals surface area contributed by atoms with Gasteiger partial charge in [0.05, 0.1) is 16.1 Å². The third-order valence-corrected chi connectivity index (χ3v) is 3.25. The van der Waals surface area contributed by atoms with Crippen LogP contribution in [0.25, 0.3) is 0 Å². The number of nitrogens with zero attached hydrogens (tertiary/aromatic N) is 1. The van der Waals surface area contributed by atoms with Gasteiger partial charge in [-0.1, -0.05) is 18.2 Å². The number of nitriles is 1. The first kappa shape index (κ1) is 13.6. The zero-order valence-corrected chi connectivity index (χ0v) is 11.7. The Morgan fingerprint density at radius 1 is 1.16 bits per heavy atom. The van der Waals surface area contributed by atoms with E-state index in [-0.39, 0.29) is 6.61 Å². The van der Waals surface area contributed by atoms with E-state index in [9.17, 15) is 0 Å². The minimum atomic E-state index is 0.0783. The van der Waals surface area contributed by atoms with Gasteiger partial charge in [-0.15, -0.1) is 0 Å². The molecule has 96 valence electrons. The lowest BCUT2D eigenvalue weighted by molar-refractivity contribution is 0.298. The average molecular weight is 318 g/mol. The number of hydrogen-bond donors (Lipinski definition) is 1. The second-order valence-corrected chi connectivity index (χ2v) is 4.79. The van der Waals surface area contributed by atoms with Crippen LogP contribution in [0.15, 0.2) is 46.9 Å². The second-order valence-electron chi connectivity index (χ2n) is 3.94. The van der Waals surface area contributed by atoms with Crippen LogP contribution >= 0.6 is 15.9 Å². The molecule has 0 spiro atoms. The predicted octanol–water partition coefficient (Wildman–Crippen LogP) is 3.65. The number of benzene rings is 2. The summed E-state index contributed by atoms with van der Waals surface area (Å²) in [5.74, 6) is 1.35. The van der Waals surface area contributed by atoms with E-state index in [1.165, 1.54) is 0 Å². The van der Waals surface area contributed by atoms with E-state index in [0.717, 1.165) is 10.0 Å². The molecule has 0 heterocycles. The molecule has 0 aromatic heterocycles. The quantitative estimate of drug-likeness (QED) is 0.936. The van der Waals surface area contributed by atoms with Crippen LogP contribution < -0.4 is 4.74 Å². The van der Waals surface area contributed by atoms with Crippen LogP contribution in [0, 0.1) is 11.3 Å². The topological polar surface area (TPSA) is 53.2 Å². The summed E-state index contributed by atoms with van der Waals surface area (Å²) in [5.41, 5.74) is 1.52. The van der Waals surface area contributed by atoms with E-state index >= 15 is 0 Å². The van der Waals surface area contributed by atoms with Crippen molar-refractivity contribution in [3.8, 4) is 17.6 Å². The highest BCUT2D eigenvalue weighted by Gasteiger charge is 2.07. The molecule has 0 radical (unpaired) electrons. The molecule has 0 aliphatic carbocycles. The van der Waals surface area contributed by atoms with Crippen molar-refractivity contribution in [1.29, 1.82) is 5.26 Å². The number of ether oxygens (including phenoxy) is 1. The molecule has 0 bridgehead atoms. The fourth-order valence-corrected chi connectivity index (χ4v) is 2.16. The number of halogens is 1. The van der Waals surface area contributed by atoms with Gasteiger partial charge in [-0.25, -0.2) is 0 Å². The van der Waals surface area contributed by atoms with Crippen LogP contribution in [0.1, 0.15) is 11.1 Å². The Balaban J connectivity index is 2.29. The van der Waals surface area contributed by atoms with Gasteiger partial charge in [-0.3, -0.25) is 0 Å². The van der Waals surface area contributed by atoms with Crippen LogP contribution in [0.2, 0.25) is 0 Å². The predicted molar refractivity (Wildman–Crippen MR) is 76.2 cm³/mol. The highest BCUT2D eigenvalue weighted by molar-refractivity contribution is 9.10. The Hall–Kier alpha value is -1.83. The largest absolute Gasteiger partial charge is 0.456 e. The van der Waals surface area contributed by atoms with Gasteiger partial charge in [-0.05, 0) is 52.2 Å². The first-order chi connectivity index (χ1) is 9.24. The van der Waals surface area contributed by atoms with Gasteiger partial charge in [0, 0.05) is 6.61 Å². The van der Waals surface area contributed by atoms with Crippen LogP contribution in [0.4, 0.5) is 0 Å². The molecule has 2 aromatic carbocycles. The van der Waals surface area contributed by atoms with E-state index in [1.54, 1.807) is 18.2 Å². The minimum absolute atomic E-state index is 0.0783. The Bertz CT molecular complexity index is 620. The smallest absolute Gasteiger partial charge is 0.141 e. The molecule has 0 saturated heterocycles. The fourth-order valence-electron chi connectivity index (χ4n) is 1.70. The van der Waals surface area contributed by atoms with Crippen molar-refractivity contribution in [2.24, 2.45) is 0 Å². The van der Waals surface area contributed by atoms with Gasteiger partial charge in [0.25, 0.3) is 0 Å². The van der Waals surface area contributed by atoms with Gasteiger partial charge in [0.2, 0.25) is 0 Å². The van der Waals surface area contributed by atoms with Gasteiger partial charge in [0.15, 0.2) is 0 Å². The van der Waals surface area contributed by atoms with Crippen LogP contribution in [0.5, 0.6) is 11.5 Å². The van der Waals surface area contributed by atoms with Gasteiger partial charge < -0.3 is 9.84 Å². The van der Waals surface area contributed by atoms with E-state index in [0.29, 0.717) is 23.5 Å². The summed E-state index contributed by atoms with van der Waals surface area (Å²) in [4.78, 5) is 0. The summed E-state index contributed by atoms with van der Waals surface area (Å²) in [5, 5.41) is 17.8. The van der Waals surface area contributed by atoms with E-state index < -0.39 is 0 Å². The number of hydrogen-bond acceptors (Lipinski definition) is 3. The lowest BCUT2D eigenvalue weighted by atomic mass is 10.1. The summed E-state index contributed by atoms with van der Waals surface area (Å²) in [6.07, 6.45) is 0.546. The molecule has 2 rings (SSSR count). The number of aliphatic hydroxyl groups excluding tert-OH is 1. The Morgan fingerprint density at radius 2 is 1.95 bits per heavy atom. The monoisotopic (exact) mass is 317 g/mol. The first-order valence-electron chi connectivity index (χ1n) is 5.81. The standard InChI is InChI=1S/C15H12BrNO2/c16-13-9-11(10-17)5-6-15(13)19-14-4-2-1-3-12(14)7-8-18/h1-6,9,18H,7-8H2. The fraction of sp³-hybridized carbons (Fsp3) is 0.133. The molecular formula is C15H12BrNO2. The average Bonchev–Trinajstić information content (AvgIpc) is 2.43. The molecular weight excluding hydrogens is 306 g/mol. The van der Waals surface area contributed by atoms with Gasteiger partial charge >= 0.3 is 0 Å². The number of aliphatic hydroxyl groups is 1. The first-order valence-corrected chi connectivity index (χ1v) is 6.60.